The average molecular weight is 387 g/mol. The number of nitrogens with zero attached hydrogens (tertiary/aromatic N) is 1. The molecule has 5 heteroatoms. The van der Waals surface area contributed by atoms with Crippen molar-refractivity contribution in [3.63, 3.8) is 0 Å². The zero-order valence-electron chi connectivity index (χ0n) is 9.43. The molecule has 0 atom stereocenters. The van der Waals surface area contributed by atoms with Crippen LogP contribution in [-0.2, 0) is 0 Å². The monoisotopic (exact) mass is 387 g/mol. The van der Waals surface area contributed by atoms with Crippen molar-refractivity contribution in [1.82, 2.24) is 0 Å². The Balaban J connectivity index is 1.96. The third kappa shape index (κ3) is 2.31. The van der Waals surface area contributed by atoms with Gasteiger partial charge in [-0.3, -0.25) is 4.79 Å². The molecule has 0 bridgehead atoms. The zero-order chi connectivity index (χ0) is 12.5. The number of hydrogen-bond acceptors (Lipinski definition) is 3. The number of hydrogen-bond donors (Lipinski definition) is 0. The Bertz CT molecular complexity index is 596. The summed E-state index contributed by atoms with van der Waals surface area (Å²) >= 11 is 5.68. The molecule has 0 saturated heterocycles. The molecule has 0 spiro atoms. The van der Waals surface area contributed by atoms with Crippen molar-refractivity contribution < 1.29 is 4.79 Å². The lowest BCUT2D eigenvalue weighted by molar-refractivity contribution is 0.0988. The van der Waals surface area contributed by atoms with Crippen LogP contribution in [0, 0.1) is 2.88 Å². The van der Waals surface area contributed by atoms with Crippen LogP contribution in [0.3, 0.4) is 0 Å². The fraction of sp³-hybridized carbons (Fsp3) is 0.154. The normalized spacial score (nSPS) is 14.4. The maximum absolute atomic E-state index is 12.5. The molecule has 1 amide bonds. The molecule has 18 heavy (non-hydrogen) atoms. The topological polar surface area (TPSA) is 20.3 Å². The predicted molar refractivity (Wildman–Crippen MR) is 85.9 cm³/mol. The van der Waals surface area contributed by atoms with Crippen LogP contribution in [0.4, 0.5) is 5.69 Å². The first-order valence-electron chi connectivity index (χ1n) is 5.53. The Morgan fingerprint density at radius 2 is 2.17 bits per heavy atom. The molecule has 92 valence electrons. The largest absolute Gasteiger partial charge is 0.306 e. The first-order valence-corrected chi connectivity index (χ1v) is 8.48. The first-order chi connectivity index (χ1) is 8.75. The highest BCUT2D eigenvalue weighted by molar-refractivity contribution is 14.1. The molecule has 1 aliphatic heterocycles. The number of fused-ring (bicyclic) bond motifs is 1. The van der Waals surface area contributed by atoms with Gasteiger partial charge in [0.2, 0.25) is 0 Å². The molecule has 0 aliphatic carbocycles. The minimum Gasteiger partial charge on any atom is -0.306 e. The van der Waals surface area contributed by atoms with Crippen molar-refractivity contribution in [3.8, 4) is 0 Å². The van der Waals surface area contributed by atoms with Gasteiger partial charge >= 0.3 is 0 Å². The quantitative estimate of drug-likeness (QED) is 0.687. The van der Waals surface area contributed by atoms with Crippen LogP contribution in [0.1, 0.15) is 10.4 Å². The molecule has 2 aromatic rings. The molecule has 0 N–H and O–H groups in total. The van der Waals surface area contributed by atoms with Gasteiger partial charge in [0, 0.05) is 22.6 Å². The summed E-state index contributed by atoms with van der Waals surface area (Å²) in [5, 5.41) is 1.94. The van der Waals surface area contributed by atoms with Gasteiger partial charge in [0.25, 0.3) is 5.91 Å². The Morgan fingerprint density at radius 1 is 1.33 bits per heavy atom. The van der Waals surface area contributed by atoms with Crippen molar-refractivity contribution in [2.45, 2.75) is 4.90 Å². The number of thiophene rings is 1. The molecule has 1 aromatic heterocycles. The Kier molecular flexibility index (Phi) is 3.63. The lowest BCUT2D eigenvalue weighted by Crippen LogP contribution is -2.35. The van der Waals surface area contributed by atoms with Gasteiger partial charge in [-0.1, -0.05) is 12.1 Å². The number of para-hydroxylation sites is 1. The number of anilines is 1. The van der Waals surface area contributed by atoms with Crippen LogP contribution in [-0.4, -0.2) is 18.2 Å². The number of halogens is 1. The van der Waals surface area contributed by atoms with Crippen LogP contribution < -0.4 is 4.90 Å². The second-order valence-corrected chi connectivity index (χ2v) is 7.85. The second-order valence-electron chi connectivity index (χ2n) is 3.91. The molecule has 1 aromatic carbocycles. The van der Waals surface area contributed by atoms with E-state index in [1.165, 1.54) is 4.90 Å². The second kappa shape index (κ2) is 5.22. The van der Waals surface area contributed by atoms with E-state index in [0.717, 1.165) is 26.4 Å². The van der Waals surface area contributed by atoms with E-state index in [9.17, 15) is 4.79 Å². The van der Waals surface area contributed by atoms with E-state index < -0.39 is 0 Å². The van der Waals surface area contributed by atoms with E-state index in [4.69, 9.17) is 0 Å². The van der Waals surface area contributed by atoms with Crippen molar-refractivity contribution in [2.75, 3.05) is 17.2 Å². The van der Waals surface area contributed by atoms with Gasteiger partial charge in [-0.2, -0.15) is 0 Å². The number of amides is 1. The molecule has 0 radical (unpaired) electrons. The number of carbonyl (C=O) groups is 1. The lowest BCUT2D eigenvalue weighted by atomic mass is 10.2. The number of thioether (sulfide) groups is 1. The van der Waals surface area contributed by atoms with Crippen LogP contribution in [0.25, 0.3) is 0 Å². The summed E-state index contributed by atoms with van der Waals surface area (Å²) in [5.41, 5.74) is 1.84. The summed E-state index contributed by atoms with van der Waals surface area (Å²) in [7, 11) is 0. The Morgan fingerprint density at radius 3 is 2.94 bits per heavy atom. The van der Waals surface area contributed by atoms with Crippen LogP contribution in [0.5, 0.6) is 0 Å². The van der Waals surface area contributed by atoms with Crippen molar-refractivity contribution >= 4 is 57.3 Å². The highest BCUT2D eigenvalue weighted by Crippen LogP contribution is 2.35. The highest BCUT2D eigenvalue weighted by Gasteiger charge is 2.24. The third-order valence-corrected chi connectivity index (χ3v) is 5.62. The summed E-state index contributed by atoms with van der Waals surface area (Å²) in [6.07, 6.45) is 0. The van der Waals surface area contributed by atoms with Gasteiger partial charge in [-0.25, -0.2) is 0 Å². The molecule has 1 aliphatic rings. The summed E-state index contributed by atoms with van der Waals surface area (Å²) < 4.78 is 1.15. The molecular formula is C13H10INOS2. The van der Waals surface area contributed by atoms with E-state index in [1.54, 1.807) is 11.3 Å². The van der Waals surface area contributed by atoms with Crippen molar-refractivity contribution in [3.05, 3.63) is 44.2 Å². The zero-order valence-corrected chi connectivity index (χ0v) is 13.2. The van der Waals surface area contributed by atoms with Gasteiger partial charge in [0.1, 0.15) is 0 Å². The third-order valence-electron chi connectivity index (χ3n) is 2.79. The van der Waals surface area contributed by atoms with E-state index in [1.807, 2.05) is 46.3 Å². The van der Waals surface area contributed by atoms with E-state index in [2.05, 4.69) is 28.7 Å². The van der Waals surface area contributed by atoms with Gasteiger partial charge in [-0.15, -0.1) is 23.1 Å². The highest BCUT2D eigenvalue weighted by atomic mass is 127. The van der Waals surface area contributed by atoms with E-state index in [-0.39, 0.29) is 5.91 Å². The predicted octanol–water partition coefficient (Wildman–Crippen LogP) is 4.11. The standard InChI is InChI=1S/C13H10INOS2/c14-12-7-9(8-18-12)13(16)15-5-6-17-11-4-2-1-3-10(11)15/h1-4,7-8H,5-6H2. The van der Waals surface area contributed by atoms with Gasteiger partial charge < -0.3 is 4.90 Å². The molecule has 0 fully saturated rings. The van der Waals surface area contributed by atoms with Crippen LogP contribution >= 0.6 is 45.7 Å². The maximum atomic E-state index is 12.5. The van der Waals surface area contributed by atoms with Gasteiger partial charge in [-0.05, 0) is 40.8 Å². The Labute approximate surface area is 128 Å². The fourth-order valence-corrected chi connectivity index (χ4v) is 4.27. The summed E-state index contributed by atoms with van der Waals surface area (Å²) in [6.45, 7) is 0.785. The molecule has 2 heterocycles. The summed E-state index contributed by atoms with van der Waals surface area (Å²) in [6, 6.07) is 10.1. The molecule has 0 saturated carbocycles. The first kappa shape index (κ1) is 12.5. The maximum Gasteiger partial charge on any atom is 0.259 e. The smallest absolute Gasteiger partial charge is 0.259 e. The number of carbonyl (C=O) groups excluding carboxylic acids is 1. The van der Waals surface area contributed by atoms with Gasteiger partial charge in [0.15, 0.2) is 0 Å². The molecule has 2 nitrogen and oxygen atoms in total. The Hall–Kier alpha value is -0.530. The molecular weight excluding hydrogens is 377 g/mol. The van der Waals surface area contributed by atoms with Crippen LogP contribution in [0.2, 0.25) is 0 Å². The summed E-state index contributed by atoms with van der Waals surface area (Å²) in [5.74, 6) is 1.08. The SMILES string of the molecule is O=C(c1csc(I)c1)N1CCSc2ccccc21. The van der Waals surface area contributed by atoms with Crippen LogP contribution in [0.15, 0.2) is 40.6 Å². The minimum atomic E-state index is 0.113. The number of benzene rings is 1. The lowest BCUT2D eigenvalue weighted by Gasteiger charge is -2.28. The minimum absolute atomic E-state index is 0.113. The average Bonchev–Trinajstić information content (AvgIpc) is 2.84. The van der Waals surface area contributed by atoms with E-state index >= 15 is 0 Å². The van der Waals surface area contributed by atoms with E-state index in [0.29, 0.717) is 0 Å². The van der Waals surface area contributed by atoms with Crippen molar-refractivity contribution in [1.29, 1.82) is 0 Å². The molecule has 0 unspecified atom stereocenters. The van der Waals surface area contributed by atoms with Gasteiger partial charge in [0.05, 0.1) is 14.1 Å². The van der Waals surface area contributed by atoms with Crippen molar-refractivity contribution in [2.24, 2.45) is 0 Å². The fourth-order valence-electron chi connectivity index (χ4n) is 1.96. The summed E-state index contributed by atoms with van der Waals surface area (Å²) in [4.78, 5) is 15.6. The molecule has 3 rings (SSSR count). The number of rotatable bonds is 1.